The molecule has 0 saturated carbocycles. The molecule has 1 aromatic rings. The van der Waals surface area contributed by atoms with E-state index in [9.17, 15) is 9.90 Å². The molecule has 1 saturated heterocycles. The zero-order valence-corrected chi connectivity index (χ0v) is 11.8. The number of halogens is 2. The molecular formula is C12H14Cl2N2O3. The molecular weight excluding hydrogens is 291 g/mol. The first-order chi connectivity index (χ1) is 8.92. The van der Waals surface area contributed by atoms with Gasteiger partial charge >= 0.3 is 0 Å². The highest BCUT2D eigenvalue weighted by molar-refractivity contribution is 6.41. The topological polar surface area (TPSA) is 71.5 Å². The summed E-state index contributed by atoms with van der Waals surface area (Å²) in [6, 6.07) is 1.44. The van der Waals surface area contributed by atoms with Crippen LogP contribution in [0.2, 0.25) is 10.2 Å². The number of hydrogen-bond donors (Lipinski definition) is 2. The number of aromatic nitrogens is 1. The Balaban J connectivity index is 1.99. The Labute approximate surface area is 120 Å². The van der Waals surface area contributed by atoms with Crippen molar-refractivity contribution in [2.45, 2.75) is 25.0 Å². The number of amides is 1. The highest BCUT2D eigenvalue weighted by Gasteiger charge is 2.39. The molecule has 0 bridgehead atoms. The Morgan fingerprint density at radius 1 is 1.68 bits per heavy atom. The smallest absolute Gasteiger partial charge is 0.253 e. The normalized spacial score (nSPS) is 26.4. The van der Waals surface area contributed by atoms with Gasteiger partial charge < -0.3 is 15.2 Å². The molecule has 2 rings (SSSR count). The van der Waals surface area contributed by atoms with E-state index in [4.69, 9.17) is 27.9 Å². The van der Waals surface area contributed by atoms with E-state index in [1.807, 2.05) is 0 Å². The van der Waals surface area contributed by atoms with Crippen LogP contribution in [0.5, 0.6) is 0 Å². The van der Waals surface area contributed by atoms with Gasteiger partial charge in [-0.1, -0.05) is 23.2 Å². The van der Waals surface area contributed by atoms with Gasteiger partial charge in [0.1, 0.15) is 10.8 Å². The van der Waals surface area contributed by atoms with Crippen molar-refractivity contribution in [3.05, 3.63) is 28.0 Å². The van der Waals surface area contributed by atoms with Gasteiger partial charge in [0.25, 0.3) is 5.91 Å². The number of rotatable bonds is 3. The molecule has 2 atom stereocenters. The highest BCUT2D eigenvalue weighted by Crippen LogP contribution is 2.25. The van der Waals surface area contributed by atoms with Crippen LogP contribution in [0.4, 0.5) is 0 Å². The third-order valence-electron chi connectivity index (χ3n) is 3.27. The van der Waals surface area contributed by atoms with Gasteiger partial charge in [0, 0.05) is 25.8 Å². The summed E-state index contributed by atoms with van der Waals surface area (Å²) in [6.07, 6.45) is 1.52. The lowest BCUT2D eigenvalue weighted by molar-refractivity contribution is -0.0251. The third kappa shape index (κ3) is 3.17. The van der Waals surface area contributed by atoms with Crippen molar-refractivity contribution in [1.82, 2.24) is 10.3 Å². The molecule has 0 spiro atoms. The fourth-order valence-electron chi connectivity index (χ4n) is 1.88. The molecule has 7 heteroatoms. The minimum atomic E-state index is -1.03. The van der Waals surface area contributed by atoms with E-state index in [2.05, 4.69) is 10.3 Å². The predicted molar refractivity (Wildman–Crippen MR) is 71.6 cm³/mol. The lowest BCUT2D eigenvalue weighted by atomic mass is 9.96. The average molecular weight is 305 g/mol. The molecule has 19 heavy (non-hydrogen) atoms. The summed E-state index contributed by atoms with van der Waals surface area (Å²) in [5, 5.41) is 13.3. The molecule has 2 N–H and O–H groups in total. The number of carbonyl (C=O) groups is 1. The molecule has 0 aliphatic carbocycles. The summed E-state index contributed by atoms with van der Waals surface area (Å²) in [5.74, 6) is -0.362. The molecule has 1 aromatic heterocycles. The Morgan fingerprint density at radius 2 is 2.42 bits per heavy atom. The molecule has 1 aliphatic rings. The number of pyridine rings is 1. The molecule has 5 nitrogen and oxygen atoms in total. The van der Waals surface area contributed by atoms with Gasteiger partial charge in [-0.2, -0.15) is 0 Å². The van der Waals surface area contributed by atoms with E-state index in [1.54, 1.807) is 6.92 Å². The summed E-state index contributed by atoms with van der Waals surface area (Å²) in [6.45, 7) is 2.38. The number of carbonyl (C=O) groups excluding carboxylic acids is 1. The number of hydrogen-bond acceptors (Lipinski definition) is 4. The SMILES string of the molecule is CC1OCCC1(O)CNC(=O)c1cnc(Cl)c(Cl)c1. The minimum absolute atomic E-state index is 0.118. The second-order valence-electron chi connectivity index (χ2n) is 4.55. The fourth-order valence-corrected chi connectivity index (χ4v) is 2.15. The van der Waals surface area contributed by atoms with Crippen molar-refractivity contribution in [3.8, 4) is 0 Å². The van der Waals surface area contributed by atoms with Crippen LogP contribution in [0.15, 0.2) is 12.3 Å². The number of ether oxygens (including phenoxy) is 1. The lowest BCUT2D eigenvalue weighted by Gasteiger charge is -2.26. The van der Waals surface area contributed by atoms with Crippen molar-refractivity contribution < 1.29 is 14.6 Å². The van der Waals surface area contributed by atoms with Gasteiger partial charge in [-0.3, -0.25) is 4.79 Å². The summed E-state index contributed by atoms with van der Waals surface area (Å²) < 4.78 is 5.29. The fraction of sp³-hybridized carbons (Fsp3) is 0.500. The van der Waals surface area contributed by atoms with E-state index in [0.717, 1.165) is 0 Å². The maximum Gasteiger partial charge on any atom is 0.253 e. The van der Waals surface area contributed by atoms with Gasteiger partial charge in [-0.15, -0.1) is 0 Å². The molecule has 0 aromatic carbocycles. The first-order valence-electron chi connectivity index (χ1n) is 5.85. The minimum Gasteiger partial charge on any atom is -0.385 e. The first-order valence-corrected chi connectivity index (χ1v) is 6.61. The highest BCUT2D eigenvalue weighted by atomic mass is 35.5. The number of aliphatic hydroxyl groups is 1. The number of nitrogens with one attached hydrogen (secondary N) is 1. The Morgan fingerprint density at radius 3 is 3.00 bits per heavy atom. The van der Waals surface area contributed by atoms with Crippen molar-refractivity contribution >= 4 is 29.1 Å². The van der Waals surface area contributed by atoms with E-state index in [1.165, 1.54) is 12.3 Å². The summed E-state index contributed by atoms with van der Waals surface area (Å²) in [7, 11) is 0. The Bertz CT molecular complexity index is 498. The zero-order chi connectivity index (χ0) is 14.0. The van der Waals surface area contributed by atoms with Crippen molar-refractivity contribution in [3.63, 3.8) is 0 Å². The summed E-state index contributed by atoms with van der Waals surface area (Å²) in [5.41, 5.74) is -0.733. The van der Waals surface area contributed by atoms with Crippen molar-refractivity contribution in [2.24, 2.45) is 0 Å². The second-order valence-corrected chi connectivity index (χ2v) is 5.31. The summed E-state index contributed by atoms with van der Waals surface area (Å²) >= 11 is 11.5. The van der Waals surface area contributed by atoms with Crippen LogP contribution >= 0.6 is 23.2 Å². The van der Waals surface area contributed by atoms with Gasteiger partial charge in [-0.05, 0) is 13.0 Å². The van der Waals surface area contributed by atoms with E-state index < -0.39 is 5.60 Å². The van der Waals surface area contributed by atoms with E-state index in [0.29, 0.717) is 18.6 Å². The molecule has 0 radical (unpaired) electrons. The Kier molecular flexibility index (Phi) is 4.30. The molecule has 2 heterocycles. The van der Waals surface area contributed by atoms with Crippen LogP contribution in [0.1, 0.15) is 23.7 Å². The van der Waals surface area contributed by atoms with Crippen LogP contribution in [-0.2, 0) is 4.74 Å². The van der Waals surface area contributed by atoms with E-state index >= 15 is 0 Å². The quantitative estimate of drug-likeness (QED) is 0.833. The van der Waals surface area contributed by atoms with Crippen LogP contribution in [0, 0.1) is 0 Å². The zero-order valence-electron chi connectivity index (χ0n) is 10.3. The van der Waals surface area contributed by atoms with Gasteiger partial charge in [0.15, 0.2) is 0 Å². The maximum absolute atomic E-state index is 11.9. The standard InChI is InChI=1S/C12H14Cl2N2O3/c1-7-12(18,2-3-19-7)6-16-11(17)8-4-9(13)10(14)15-5-8/h4-5,7,18H,2-3,6H2,1H3,(H,16,17). The number of nitrogens with zero attached hydrogens (tertiary/aromatic N) is 1. The Hall–Kier alpha value is -0.880. The van der Waals surface area contributed by atoms with Crippen LogP contribution < -0.4 is 5.32 Å². The van der Waals surface area contributed by atoms with Gasteiger partial charge in [0.05, 0.1) is 16.7 Å². The maximum atomic E-state index is 11.9. The predicted octanol–water partition coefficient (Wildman–Crippen LogP) is 1.66. The third-order valence-corrected chi connectivity index (χ3v) is 3.96. The molecule has 1 fully saturated rings. The van der Waals surface area contributed by atoms with Gasteiger partial charge in [-0.25, -0.2) is 4.98 Å². The molecule has 104 valence electrons. The second kappa shape index (κ2) is 5.63. The average Bonchev–Trinajstić information content (AvgIpc) is 2.71. The largest absolute Gasteiger partial charge is 0.385 e. The summed E-state index contributed by atoms with van der Waals surface area (Å²) in [4.78, 5) is 15.7. The van der Waals surface area contributed by atoms with Crippen LogP contribution in [0.25, 0.3) is 0 Å². The van der Waals surface area contributed by atoms with Crippen molar-refractivity contribution in [2.75, 3.05) is 13.2 Å². The molecule has 1 aliphatic heterocycles. The monoisotopic (exact) mass is 304 g/mol. The van der Waals surface area contributed by atoms with E-state index in [-0.39, 0.29) is 28.7 Å². The van der Waals surface area contributed by atoms with Gasteiger partial charge in [0.2, 0.25) is 0 Å². The molecule has 1 amide bonds. The van der Waals surface area contributed by atoms with Crippen LogP contribution in [0.3, 0.4) is 0 Å². The van der Waals surface area contributed by atoms with Crippen molar-refractivity contribution in [1.29, 1.82) is 0 Å². The van der Waals surface area contributed by atoms with Crippen LogP contribution in [-0.4, -0.2) is 40.9 Å². The lowest BCUT2D eigenvalue weighted by Crippen LogP contribution is -2.47. The molecule has 2 unspecified atom stereocenters. The first kappa shape index (κ1) is 14.5.